The molecule has 0 fully saturated rings. The van der Waals surface area contributed by atoms with Gasteiger partial charge >= 0.3 is 0 Å². The standard InChI is InChI=1S/C12H13N5/c1-8(2)10-15-11(13)17-12(16-10)14-9-6-4-3-5-7-9/h3-7H,1H2,2H3,(H3,13,14,15,16,17). The fourth-order valence-corrected chi connectivity index (χ4v) is 1.29. The van der Waals surface area contributed by atoms with Gasteiger partial charge in [-0.15, -0.1) is 0 Å². The maximum absolute atomic E-state index is 5.61. The molecular weight excluding hydrogens is 214 g/mol. The minimum absolute atomic E-state index is 0.177. The van der Waals surface area contributed by atoms with Crippen molar-refractivity contribution < 1.29 is 0 Å². The zero-order valence-corrected chi connectivity index (χ0v) is 9.51. The first-order chi connectivity index (χ1) is 8.15. The van der Waals surface area contributed by atoms with Crippen molar-refractivity contribution in [2.45, 2.75) is 6.92 Å². The maximum atomic E-state index is 5.61. The summed E-state index contributed by atoms with van der Waals surface area (Å²) in [7, 11) is 0. The molecule has 0 saturated heterocycles. The number of anilines is 3. The lowest BCUT2D eigenvalue weighted by Gasteiger charge is -2.06. The summed E-state index contributed by atoms with van der Waals surface area (Å²) >= 11 is 0. The monoisotopic (exact) mass is 227 g/mol. The van der Waals surface area contributed by atoms with Crippen molar-refractivity contribution in [2.24, 2.45) is 0 Å². The average Bonchev–Trinajstić information content (AvgIpc) is 2.29. The van der Waals surface area contributed by atoms with Crippen LogP contribution in [0.25, 0.3) is 5.57 Å². The summed E-state index contributed by atoms with van der Waals surface area (Å²) in [6, 6.07) is 9.62. The number of benzene rings is 1. The van der Waals surface area contributed by atoms with Crippen LogP contribution in [0.4, 0.5) is 17.6 Å². The van der Waals surface area contributed by atoms with Crippen molar-refractivity contribution in [1.82, 2.24) is 15.0 Å². The number of hydrogen-bond donors (Lipinski definition) is 2. The molecule has 0 aliphatic carbocycles. The first kappa shape index (κ1) is 11.1. The fourth-order valence-electron chi connectivity index (χ4n) is 1.29. The van der Waals surface area contributed by atoms with Crippen molar-refractivity contribution in [3.8, 4) is 0 Å². The number of nitrogens with two attached hydrogens (primary N) is 1. The van der Waals surface area contributed by atoms with Crippen LogP contribution in [0.1, 0.15) is 12.7 Å². The van der Waals surface area contributed by atoms with E-state index in [4.69, 9.17) is 5.73 Å². The molecule has 1 heterocycles. The van der Waals surface area contributed by atoms with Gasteiger partial charge in [0.25, 0.3) is 0 Å². The number of nitrogens with zero attached hydrogens (tertiary/aromatic N) is 3. The topological polar surface area (TPSA) is 76.7 Å². The van der Waals surface area contributed by atoms with Crippen molar-refractivity contribution in [1.29, 1.82) is 0 Å². The third-order valence-corrected chi connectivity index (χ3v) is 2.06. The summed E-state index contributed by atoms with van der Waals surface area (Å²) in [5.41, 5.74) is 7.25. The van der Waals surface area contributed by atoms with Gasteiger partial charge in [0, 0.05) is 5.69 Å². The van der Waals surface area contributed by atoms with Crippen LogP contribution < -0.4 is 11.1 Å². The van der Waals surface area contributed by atoms with Gasteiger partial charge in [-0.1, -0.05) is 24.8 Å². The fraction of sp³-hybridized carbons (Fsp3) is 0.0833. The van der Waals surface area contributed by atoms with Gasteiger partial charge in [0.05, 0.1) is 0 Å². The van der Waals surface area contributed by atoms with Gasteiger partial charge in [0.1, 0.15) is 0 Å². The maximum Gasteiger partial charge on any atom is 0.232 e. The van der Waals surface area contributed by atoms with Crippen LogP contribution in [-0.4, -0.2) is 15.0 Å². The lowest BCUT2D eigenvalue weighted by molar-refractivity contribution is 1.04. The van der Waals surface area contributed by atoms with Gasteiger partial charge in [0.2, 0.25) is 11.9 Å². The van der Waals surface area contributed by atoms with Crippen molar-refractivity contribution in [2.75, 3.05) is 11.1 Å². The number of nitrogens with one attached hydrogen (secondary N) is 1. The van der Waals surface area contributed by atoms with Crippen molar-refractivity contribution in [3.05, 3.63) is 42.7 Å². The molecule has 0 unspecified atom stereocenters. The zero-order valence-electron chi connectivity index (χ0n) is 9.51. The molecule has 0 radical (unpaired) electrons. The highest BCUT2D eigenvalue weighted by molar-refractivity contribution is 5.59. The molecule has 0 aliphatic heterocycles. The minimum Gasteiger partial charge on any atom is -0.368 e. The molecule has 2 rings (SSSR count). The summed E-state index contributed by atoms with van der Waals surface area (Å²) < 4.78 is 0. The largest absolute Gasteiger partial charge is 0.368 e. The molecule has 0 saturated carbocycles. The number of rotatable bonds is 3. The number of allylic oxidation sites excluding steroid dienone is 1. The summed E-state index contributed by atoms with van der Waals surface area (Å²) in [6.45, 7) is 5.60. The Bertz CT molecular complexity index is 536. The first-order valence-electron chi connectivity index (χ1n) is 5.14. The Morgan fingerprint density at radius 3 is 2.53 bits per heavy atom. The average molecular weight is 227 g/mol. The van der Waals surface area contributed by atoms with Crippen LogP contribution >= 0.6 is 0 Å². The Balaban J connectivity index is 2.30. The Kier molecular flexibility index (Phi) is 3.00. The van der Waals surface area contributed by atoms with Gasteiger partial charge in [-0.25, -0.2) is 0 Å². The zero-order chi connectivity index (χ0) is 12.3. The van der Waals surface area contributed by atoms with Gasteiger partial charge < -0.3 is 11.1 Å². The Morgan fingerprint density at radius 2 is 1.88 bits per heavy atom. The summed E-state index contributed by atoms with van der Waals surface area (Å²) in [5.74, 6) is 1.09. The molecule has 0 bridgehead atoms. The van der Waals surface area contributed by atoms with Crippen molar-refractivity contribution in [3.63, 3.8) is 0 Å². The van der Waals surface area contributed by atoms with Gasteiger partial charge in [-0.05, 0) is 24.6 Å². The van der Waals surface area contributed by atoms with Crippen LogP contribution in [0.3, 0.4) is 0 Å². The van der Waals surface area contributed by atoms with Crippen LogP contribution in [0.2, 0.25) is 0 Å². The molecule has 1 aromatic heterocycles. The molecular formula is C12H13N5. The van der Waals surface area contributed by atoms with E-state index in [-0.39, 0.29) is 5.95 Å². The van der Waals surface area contributed by atoms with E-state index in [2.05, 4.69) is 26.8 Å². The number of aromatic nitrogens is 3. The SMILES string of the molecule is C=C(C)c1nc(N)nc(Nc2ccccc2)n1. The van der Waals surface area contributed by atoms with Crippen LogP contribution in [0, 0.1) is 0 Å². The summed E-state index contributed by atoms with van der Waals surface area (Å²) in [5, 5.41) is 3.06. The lowest BCUT2D eigenvalue weighted by Crippen LogP contribution is -2.05. The summed E-state index contributed by atoms with van der Waals surface area (Å²) in [6.07, 6.45) is 0. The second kappa shape index (κ2) is 4.61. The highest BCUT2D eigenvalue weighted by atomic mass is 15.2. The van der Waals surface area contributed by atoms with Gasteiger partial charge in [-0.3, -0.25) is 0 Å². The third-order valence-electron chi connectivity index (χ3n) is 2.06. The normalized spacial score (nSPS) is 9.94. The quantitative estimate of drug-likeness (QED) is 0.840. The number of nitrogen functional groups attached to an aromatic ring is 1. The Hall–Kier alpha value is -2.43. The van der Waals surface area contributed by atoms with Crippen molar-refractivity contribution >= 4 is 23.2 Å². The van der Waals surface area contributed by atoms with Crippen LogP contribution in [0.15, 0.2) is 36.9 Å². The minimum atomic E-state index is 0.177. The van der Waals surface area contributed by atoms with E-state index in [1.165, 1.54) is 0 Å². The molecule has 86 valence electrons. The number of hydrogen-bond acceptors (Lipinski definition) is 5. The predicted molar refractivity (Wildman–Crippen MR) is 68.7 cm³/mol. The molecule has 0 amide bonds. The highest BCUT2D eigenvalue weighted by Crippen LogP contribution is 2.14. The molecule has 0 atom stereocenters. The Labute approximate surface area is 99.4 Å². The lowest BCUT2D eigenvalue weighted by atomic mass is 10.3. The first-order valence-corrected chi connectivity index (χ1v) is 5.14. The molecule has 0 spiro atoms. The van der Waals surface area contributed by atoms with Crippen LogP contribution in [-0.2, 0) is 0 Å². The molecule has 1 aromatic carbocycles. The smallest absolute Gasteiger partial charge is 0.232 e. The molecule has 3 N–H and O–H groups in total. The van der Waals surface area contributed by atoms with Crippen LogP contribution in [0.5, 0.6) is 0 Å². The molecule has 17 heavy (non-hydrogen) atoms. The van der Waals surface area contributed by atoms with E-state index >= 15 is 0 Å². The van der Waals surface area contributed by atoms with E-state index in [9.17, 15) is 0 Å². The molecule has 0 aliphatic rings. The van der Waals surface area contributed by atoms with Gasteiger partial charge in [-0.2, -0.15) is 15.0 Å². The van der Waals surface area contributed by atoms with Gasteiger partial charge in [0.15, 0.2) is 5.82 Å². The third kappa shape index (κ3) is 2.78. The van der Waals surface area contributed by atoms with E-state index in [0.29, 0.717) is 11.8 Å². The van der Waals surface area contributed by atoms with E-state index in [1.54, 1.807) is 0 Å². The molecule has 5 heteroatoms. The molecule has 2 aromatic rings. The summed E-state index contributed by atoms with van der Waals surface area (Å²) in [4.78, 5) is 12.2. The second-order valence-corrected chi connectivity index (χ2v) is 3.61. The van der Waals surface area contributed by atoms with E-state index < -0.39 is 0 Å². The Morgan fingerprint density at radius 1 is 1.18 bits per heavy atom. The second-order valence-electron chi connectivity index (χ2n) is 3.61. The van der Waals surface area contributed by atoms with E-state index in [1.807, 2.05) is 37.3 Å². The van der Waals surface area contributed by atoms with E-state index in [0.717, 1.165) is 11.3 Å². The number of para-hydroxylation sites is 1. The highest BCUT2D eigenvalue weighted by Gasteiger charge is 2.04. The predicted octanol–water partition coefficient (Wildman–Crippen LogP) is 2.23. The molecule has 5 nitrogen and oxygen atoms in total.